The predicted molar refractivity (Wildman–Crippen MR) is 118 cm³/mol. The largest absolute Gasteiger partial charge is 0.418 e. The second kappa shape index (κ2) is 8.76. The van der Waals surface area contributed by atoms with Crippen LogP contribution in [0.2, 0.25) is 5.02 Å². The summed E-state index contributed by atoms with van der Waals surface area (Å²) in [7, 11) is 0. The molecule has 1 N–H and O–H groups in total. The first-order chi connectivity index (χ1) is 14.7. The second-order valence-electron chi connectivity index (χ2n) is 7.68. The van der Waals surface area contributed by atoms with E-state index in [-0.39, 0.29) is 10.7 Å². The van der Waals surface area contributed by atoms with Gasteiger partial charge in [-0.25, -0.2) is 4.98 Å². The number of rotatable bonds is 4. The average molecular weight is 468 g/mol. The molecule has 1 amide bonds. The van der Waals surface area contributed by atoms with Crippen molar-refractivity contribution in [2.24, 2.45) is 0 Å². The van der Waals surface area contributed by atoms with Crippen LogP contribution in [0.5, 0.6) is 0 Å². The molecule has 0 spiro atoms. The van der Waals surface area contributed by atoms with Crippen LogP contribution in [0.3, 0.4) is 0 Å². The predicted octanol–water partition coefficient (Wildman–Crippen LogP) is 6.18. The number of para-hydroxylation sites is 1. The Morgan fingerprint density at radius 1 is 1.23 bits per heavy atom. The first-order valence-corrected chi connectivity index (χ1v) is 11.2. The number of carbonyl (C=O) groups excluding carboxylic acids is 1. The van der Waals surface area contributed by atoms with Gasteiger partial charge in [0.1, 0.15) is 0 Å². The molecular formula is C22H21ClF3N3OS. The Kier molecular flexibility index (Phi) is 6.23. The van der Waals surface area contributed by atoms with E-state index >= 15 is 0 Å². The fourth-order valence-corrected chi connectivity index (χ4v) is 5.17. The van der Waals surface area contributed by atoms with Gasteiger partial charge in [-0.3, -0.25) is 9.69 Å². The van der Waals surface area contributed by atoms with Crippen molar-refractivity contribution in [2.75, 3.05) is 18.4 Å². The van der Waals surface area contributed by atoms with Gasteiger partial charge in [0, 0.05) is 10.9 Å². The van der Waals surface area contributed by atoms with Crippen molar-refractivity contribution in [3.8, 4) is 0 Å². The molecule has 2 aromatic carbocycles. The minimum atomic E-state index is -4.60. The molecule has 1 saturated heterocycles. The molecule has 1 aromatic heterocycles. The zero-order chi connectivity index (χ0) is 22.2. The fraction of sp³-hybridized carbons (Fsp3) is 0.364. The zero-order valence-corrected chi connectivity index (χ0v) is 18.3. The number of piperidine rings is 1. The van der Waals surface area contributed by atoms with E-state index in [1.165, 1.54) is 12.1 Å². The molecule has 0 bridgehead atoms. The second-order valence-corrected chi connectivity index (χ2v) is 9.18. The van der Waals surface area contributed by atoms with E-state index in [1.807, 2.05) is 23.1 Å². The van der Waals surface area contributed by atoms with E-state index in [9.17, 15) is 18.0 Å². The van der Waals surface area contributed by atoms with Crippen LogP contribution < -0.4 is 5.32 Å². The van der Waals surface area contributed by atoms with Crippen LogP contribution in [0.15, 0.2) is 42.5 Å². The van der Waals surface area contributed by atoms with Crippen LogP contribution in [-0.2, 0) is 11.0 Å². The summed E-state index contributed by atoms with van der Waals surface area (Å²) in [4.78, 5) is 19.4. The van der Waals surface area contributed by atoms with Gasteiger partial charge < -0.3 is 5.32 Å². The normalized spacial score (nSPS) is 17.1. The van der Waals surface area contributed by atoms with Gasteiger partial charge in [0.05, 0.1) is 32.5 Å². The number of fused-ring (bicyclic) bond motifs is 1. The first kappa shape index (κ1) is 22.0. The van der Waals surface area contributed by atoms with Crippen molar-refractivity contribution in [1.82, 2.24) is 9.88 Å². The number of thiazole rings is 1. The lowest BCUT2D eigenvalue weighted by Crippen LogP contribution is -2.45. The number of nitrogens with zero attached hydrogens (tertiary/aromatic N) is 2. The molecule has 4 nitrogen and oxygen atoms in total. The highest BCUT2D eigenvalue weighted by Crippen LogP contribution is 2.37. The van der Waals surface area contributed by atoms with Gasteiger partial charge in [0.25, 0.3) is 0 Å². The topological polar surface area (TPSA) is 45.2 Å². The summed E-state index contributed by atoms with van der Waals surface area (Å²) in [5, 5.41) is 3.51. The van der Waals surface area contributed by atoms with E-state index in [1.54, 1.807) is 18.3 Å². The molecule has 1 fully saturated rings. The minimum absolute atomic E-state index is 0.0321. The van der Waals surface area contributed by atoms with E-state index in [0.717, 1.165) is 34.1 Å². The molecule has 3 aromatic rings. The highest BCUT2D eigenvalue weighted by molar-refractivity contribution is 7.18. The van der Waals surface area contributed by atoms with E-state index in [0.29, 0.717) is 19.0 Å². The van der Waals surface area contributed by atoms with Crippen LogP contribution in [0, 0.1) is 0 Å². The van der Waals surface area contributed by atoms with Gasteiger partial charge in [-0.15, -0.1) is 11.3 Å². The molecule has 1 atom stereocenters. The first-order valence-electron chi connectivity index (χ1n) is 9.99. The maximum Gasteiger partial charge on any atom is 0.418 e. The minimum Gasteiger partial charge on any atom is -0.324 e. The van der Waals surface area contributed by atoms with Crippen LogP contribution in [0.25, 0.3) is 10.2 Å². The molecule has 0 aliphatic carbocycles. The van der Waals surface area contributed by atoms with Crippen molar-refractivity contribution in [3.05, 3.63) is 58.1 Å². The van der Waals surface area contributed by atoms with Crippen LogP contribution in [-0.4, -0.2) is 34.9 Å². The van der Waals surface area contributed by atoms with Gasteiger partial charge in [-0.1, -0.05) is 23.7 Å². The third kappa shape index (κ3) is 4.86. The summed E-state index contributed by atoms with van der Waals surface area (Å²) in [6, 6.07) is 10.8. The van der Waals surface area contributed by atoms with E-state index in [2.05, 4.69) is 11.4 Å². The molecule has 0 saturated carbocycles. The average Bonchev–Trinajstić information content (AvgIpc) is 3.18. The zero-order valence-electron chi connectivity index (χ0n) is 16.7. The maximum atomic E-state index is 13.3. The van der Waals surface area contributed by atoms with Gasteiger partial charge in [-0.05, 0) is 63.2 Å². The Morgan fingerprint density at radius 3 is 2.61 bits per heavy atom. The van der Waals surface area contributed by atoms with Gasteiger partial charge in [0.15, 0.2) is 0 Å². The number of likely N-dealkylation sites (tertiary alicyclic amines) is 1. The number of hydrogen-bond acceptors (Lipinski definition) is 4. The molecule has 1 unspecified atom stereocenters. The smallest absolute Gasteiger partial charge is 0.324 e. The third-order valence-electron chi connectivity index (χ3n) is 5.66. The summed E-state index contributed by atoms with van der Waals surface area (Å²) in [6.45, 7) is 3.08. The molecule has 2 heterocycles. The lowest BCUT2D eigenvalue weighted by atomic mass is 9.96. The molecule has 9 heteroatoms. The van der Waals surface area contributed by atoms with Gasteiger partial charge in [0.2, 0.25) is 5.91 Å². The molecule has 31 heavy (non-hydrogen) atoms. The van der Waals surface area contributed by atoms with Crippen molar-refractivity contribution in [2.45, 2.75) is 37.9 Å². The Balaban J connectivity index is 1.39. The highest BCUT2D eigenvalue weighted by atomic mass is 35.5. The van der Waals surface area contributed by atoms with Crippen molar-refractivity contribution >= 4 is 44.7 Å². The van der Waals surface area contributed by atoms with Crippen LogP contribution in [0.4, 0.5) is 18.9 Å². The molecule has 1 aliphatic heterocycles. The monoisotopic (exact) mass is 467 g/mol. The number of amides is 1. The van der Waals surface area contributed by atoms with Crippen molar-refractivity contribution in [1.29, 1.82) is 0 Å². The Morgan fingerprint density at radius 2 is 1.94 bits per heavy atom. The van der Waals surface area contributed by atoms with E-state index in [4.69, 9.17) is 16.6 Å². The number of anilines is 1. The number of carbonyl (C=O) groups is 1. The maximum absolute atomic E-state index is 13.3. The summed E-state index contributed by atoms with van der Waals surface area (Å²) in [5.74, 6) is -0.136. The van der Waals surface area contributed by atoms with Crippen LogP contribution >= 0.6 is 22.9 Å². The number of halogens is 4. The molecule has 1 aliphatic rings. The lowest BCUT2D eigenvalue weighted by Gasteiger charge is -2.34. The molecular weight excluding hydrogens is 447 g/mol. The quantitative estimate of drug-likeness (QED) is 0.498. The number of benzene rings is 2. The Labute approximate surface area is 187 Å². The van der Waals surface area contributed by atoms with Gasteiger partial charge in [-0.2, -0.15) is 13.2 Å². The Hall–Kier alpha value is -2.16. The van der Waals surface area contributed by atoms with Crippen LogP contribution in [0.1, 0.15) is 36.3 Å². The number of aromatic nitrogens is 1. The summed E-state index contributed by atoms with van der Waals surface area (Å²) in [6.07, 6.45) is -2.90. The molecule has 164 valence electrons. The summed E-state index contributed by atoms with van der Waals surface area (Å²) in [5.41, 5.74) is -0.227. The lowest BCUT2D eigenvalue weighted by molar-refractivity contribution is -0.137. The fourth-order valence-electron chi connectivity index (χ4n) is 3.86. The number of alkyl halides is 3. The summed E-state index contributed by atoms with van der Waals surface area (Å²) < 4.78 is 41.0. The molecule has 4 rings (SSSR count). The molecule has 0 radical (unpaired) electrons. The third-order valence-corrected chi connectivity index (χ3v) is 7.10. The summed E-state index contributed by atoms with van der Waals surface area (Å²) >= 11 is 7.41. The van der Waals surface area contributed by atoms with Gasteiger partial charge >= 0.3 is 6.18 Å². The Bertz CT molecular complexity index is 1060. The van der Waals surface area contributed by atoms with Crippen molar-refractivity contribution in [3.63, 3.8) is 0 Å². The van der Waals surface area contributed by atoms with E-state index < -0.39 is 23.7 Å². The SMILES string of the molecule is CC(C(=O)Nc1ccc(Cl)cc1C(F)(F)F)N1CCC(c2nc3ccccc3s2)CC1. The van der Waals surface area contributed by atoms with Crippen molar-refractivity contribution < 1.29 is 18.0 Å². The highest BCUT2D eigenvalue weighted by Gasteiger charge is 2.35. The number of nitrogens with one attached hydrogen (secondary N) is 1. The standard InChI is InChI=1S/C22H21ClF3N3OS/c1-13(20(30)27-17-7-6-15(23)12-16(17)22(24,25)26)29-10-8-14(9-11-29)21-28-18-4-2-3-5-19(18)31-21/h2-7,12-14H,8-11H2,1H3,(H,27,30). The number of hydrogen-bond donors (Lipinski definition) is 1.